The van der Waals surface area contributed by atoms with Crippen molar-refractivity contribution in [2.45, 2.75) is 32.2 Å². The Morgan fingerprint density at radius 2 is 1.84 bits per heavy atom. The van der Waals surface area contributed by atoms with Gasteiger partial charge in [-0.25, -0.2) is 0 Å². The molecule has 3 heteroatoms. The third-order valence-corrected chi connectivity index (χ3v) is 4.28. The van der Waals surface area contributed by atoms with Gasteiger partial charge in [0.05, 0.1) is 6.61 Å². The van der Waals surface area contributed by atoms with Crippen molar-refractivity contribution in [2.75, 3.05) is 6.61 Å². The summed E-state index contributed by atoms with van der Waals surface area (Å²) in [6.07, 6.45) is 2.94. The van der Waals surface area contributed by atoms with Gasteiger partial charge in [0.15, 0.2) is 0 Å². The summed E-state index contributed by atoms with van der Waals surface area (Å²) >= 11 is 1.87. The van der Waals surface area contributed by atoms with Crippen molar-refractivity contribution >= 4 is 11.3 Å². The Balaban J connectivity index is 1.71. The van der Waals surface area contributed by atoms with Gasteiger partial charge in [-0.1, -0.05) is 25.1 Å². The Labute approximate surface area is 119 Å². The monoisotopic (exact) mass is 275 g/mol. The van der Waals surface area contributed by atoms with Crippen LogP contribution < -0.4 is 10.5 Å². The summed E-state index contributed by atoms with van der Waals surface area (Å²) in [6.45, 7) is 2.86. The Hall–Kier alpha value is -1.32. The summed E-state index contributed by atoms with van der Waals surface area (Å²) in [5, 5.41) is 0. The molecule has 2 aromatic rings. The van der Waals surface area contributed by atoms with E-state index in [0.29, 0.717) is 6.61 Å². The Kier molecular flexibility index (Phi) is 5.43. The molecular formula is C16H21NOS. The maximum atomic E-state index is 6.15. The van der Waals surface area contributed by atoms with Crippen molar-refractivity contribution in [3.05, 3.63) is 52.2 Å². The first-order valence-corrected chi connectivity index (χ1v) is 7.60. The van der Waals surface area contributed by atoms with E-state index < -0.39 is 0 Å². The highest BCUT2D eigenvalue weighted by molar-refractivity contribution is 7.11. The summed E-state index contributed by atoms with van der Waals surface area (Å²) < 4.78 is 5.66. The van der Waals surface area contributed by atoms with E-state index in [1.807, 2.05) is 41.7 Å². The van der Waals surface area contributed by atoms with Crippen LogP contribution in [0.3, 0.4) is 0 Å². The zero-order valence-electron chi connectivity index (χ0n) is 11.3. The zero-order chi connectivity index (χ0) is 13.5. The molecule has 0 bridgehead atoms. The fraction of sp³-hybridized carbons (Fsp3) is 0.375. The molecule has 1 atom stereocenters. The number of rotatable bonds is 7. The average molecular weight is 275 g/mol. The fourth-order valence-electron chi connectivity index (χ4n) is 1.93. The molecule has 0 amide bonds. The molecule has 0 spiro atoms. The standard InChI is InChI=1S/C16H21NOS/c1-2-15-8-9-16(19-15)12-13(17)10-11-18-14-6-4-3-5-7-14/h3-9,13H,2,10-12,17H2,1H3. The van der Waals surface area contributed by atoms with Crippen molar-refractivity contribution in [1.82, 2.24) is 0 Å². The second-order valence-electron chi connectivity index (χ2n) is 4.64. The molecule has 0 saturated heterocycles. The highest BCUT2D eigenvalue weighted by Crippen LogP contribution is 2.18. The molecule has 1 aromatic heterocycles. The highest BCUT2D eigenvalue weighted by atomic mass is 32.1. The summed E-state index contributed by atoms with van der Waals surface area (Å²) in [7, 11) is 0. The first-order valence-electron chi connectivity index (χ1n) is 6.79. The van der Waals surface area contributed by atoms with Crippen LogP contribution in [0.5, 0.6) is 5.75 Å². The van der Waals surface area contributed by atoms with E-state index in [-0.39, 0.29) is 6.04 Å². The summed E-state index contributed by atoms with van der Waals surface area (Å²) in [5.74, 6) is 0.916. The maximum absolute atomic E-state index is 6.15. The number of hydrogen-bond acceptors (Lipinski definition) is 3. The molecule has 0 fully saturated rings. The fourth-order valence-corrected chi connectivity index (χ4v) is 2.98. The van der Waals surface area contributed by atoms with Crippen LogP contribution >= 0.6 is 11.3 Å². The molecule has 0 saturated carbocycles. The lowest BCUT2D eigenvalue weighted by atomic mass is 10.1. The molecule has 2 rings (SSSR count). The summed E-state index contributed by atoms with van der Waals surface area (Å²) in [6, 6.07) is 14.5. The van der Waals surface area contributed by atoms with E-state index in [9.17, 15) is 0 Å². The van der Waals surface area contributed by atoms with Gasteiger partial charge in [-0.15, -0.1) is 11.3 Å². The molecular weight excluding hydrogens is 254 g/mol. The summed E-state index contributed by atoms with van der Waals surface area (Å²) in [5.41, 5.74) is 6.15. The van der Waals surface area contributed by atoms with Crippen LogP contribution in [-0.2, 0) is 12.8 Å². The molecule has 1 heterocycles. The third-order valence-electron chi connectivity index (χ3n) is 3.03. The third kappa shape index (κ3) is 4.69. The van der Waals surface area contributed by atoms with Crippen molar-refractivity contribution < 1.29 is 4.74 Å². The van der Waals surface area contributed by atoms with Crippen LogP contribution in [-0.4, -0.2) is 12.6 Å². The first-order chi connectivity index (χ1) is 9.28. The number of para-hydroxylation sites is 1. The lowest BCUT2D eigenvalue weighted by Gasteiger charge is -2.11. The van der Waals surface area contributed by atoms with E-state index in [2.05, 4.69) is 19.1 Å². The van der Waals surface area contributed by atoms with E-state index >= 15 is 0 Å². The number of aryl methyl sites for hydroxylation is 1. The molecule has 102 valence electrons. The van der Waals surface area contributed by atoms with Crippen LogP contribution in [0.25, 0.3) is 0 Å². The molecule has 0 radical (unpaired) electrons. The van der Waals surface area contributed by atoms with Crippen LogP contribution in [0.2, 0.25) is 0 Å². The van der Waals surface area contributed by atoms with Gasteiger partial charge in [-0.3, -0.25) is 0 Å². The number of thiophene rings is 1. The molecule has 0 aliphatic carbocycles. The van der Waals surface area contributed by atoms with Gasteiger partial charge in [-0.2, -0.15) is 0 Å². The normalized spacial score (nSPS) is 12.3. The molecule has 2 nitrogen and oxygen atoms in total. The SMILES string of the molecule is CCc1ccc(CC(N)CCOc2ccccc2)s1. The smallest absolute Gasteiger partial charge is 0.119 e. The molecule has 1 aromatic carbocycles. The van der Waals surface area contributed by atoms with Gasteiger partial charge < -0.3 is 10.5 Å². The van der Waals surface area contributed by atoms with Crippen molar-refractivity contribution in [3.63, 3.8) is 0 Å². The molecule has 0 aliphatic heterocycles. The second kappa shape index (κ2) is 7.31. The molecule has 0 aliphatic rings. The summed E-state index contributed by atoms with van der Waals surface area (Å²) in [4.78, 5) is 2.81. The molecule has 1 unspecified atom stereocenters. The Bertz CT molecular complexity index is 481. The lowest BCUT2D eigenvalue weighted by molar-refractivity contribution is 0.297. The number of ether oxygens (including phenoxy) is 1. The number of hydrogen-bond donors (Lipinski definition) is 1. The molecule has 2 N–H and O–H groups in total. The first kappa shape index (κ1) is 14.1. The van der Waals surface area contributed by atoms with Gasteiger partial charge in [0.1, 0.15) is 5.75 Å². The van der Waals surface area contributed by atoms with Gasteiger partial charge in [-0.05, 0) is 43.5 Å². The van der Waals surface area contributed by atoms with Crippen LogP contribution in [0.4, 0.5) is 0 Å². The average Bonchev–Trinajstić information content (AvgIpc) is 2.87. The largest absolute Gasteiger partial charge is 0.494 e. The number of benzene rings is 1. The van der Waals surface area contributed by atoms with Crippen LogP contribution in [0.1, 0.15) is 23.1 Å². The van der Waals surface area contributed by atoms with Gasteiger partial charge in [0.2, 0.25) is 0 Å². The number of nitrogens with two attached hydrogens (primary N) is 1. The molecule has 19 heavy (non-hydrogen) atoms. The van der Waals surface area contributed by atoms with E-state index in [1.165, 1.54) is 9.75 Å². The van der Waals surface area contributed by atoms with Crippen molar-refractivity contribution in [1.29, 1.82) is 0 Å². The Morgan fingerprint density at radius 1 is 1.11 bits per heavy atom. The van der Waals surface area contributed by atoms with E-state index in [0.717, 1.165) is 25.0 Å². The highest BCUT2D eigenvalue weighted by Gasteiger charge is 2.07. The minimum Gasteiger partial charge on any atom is -0.494 e. The van der Waals surface area contributed by atoms with Crippen LogP contribution in [0, 0.1) is 0 Å². The maximum Gasteiger partial charge on any atom is 0.119 e. The zero-order valence-corrected chi connectivity index (χ0v) is 12.2. The van der Waals surface area contributed by atoms with Gasteiger partial charge in [0.25, 0.3) is 0 Å². The second-order valence-corrected chi connectivity index (χ2v) is 5.89. The van der Waals surface area contributed by atoms with E-state index in [1.54, 1.807) is 0 Å². The van der Waals surface area contributed by atoms with Crippen LogP contribution in [0.15, 0.2) is 42.5 Å². The van der Waals surface area contributed by atoms with Crippen molar-refractivity contribution in [3.8, 4) is 5.75 Å². The predicted molar refractivity (Wildman–Crippen MR) is 81.9 cm³/mol. The quantitative estimate of drug-likeness (QED) is 0.837. The predicted octanol–water partition coefficient (Wildman–Crippen LogP) is 3.65. The van der Waals surface area contributed by atoms with Gasteiger partial charge in [0, 0.05) is 15.8 Å². The van der Waals surface area contributed by atoms with E-state index in [4.69, 9.17) is 10.5 Å². The lowest BCUT2D eigenvalue weighted by Crippen LogP contribution is -2.24. The topological polar surface area (TPSA) is 35.2 Å². The Morgan fingerprint density at radius 3 is 2.53 bits per heavy atom. The van der Waals surface area contributed by atoms with Gasteiger partial charge >= 0.3 is 0 Å². The minimum atomic E-state index is 0.173. The van der Waals surface area contributed by atoms with Crippen molar-refractivity contribution in [2.24, 2.45) is 5.73 Å². The minimum absolute atomic E-state index is 0.173.